The second kappa shape index (κ2) is 10.7. The Morgan fingerprint density at radius 1 is 1.07 bits per heavy atom. The largest absolute Gasteiger partial charge is 0.459 e. The summed E-state index contributed by atoms with van der Waals surface area (Å²) in [5.74, 6) is -0.606. The highest BCUT2D eigenvalue weighted by molar-refractivity contribution is 6.31. The van der Waals surface area contributed by atoms with Crippen LogP contribution in [0, 0.1) is 23.6 Å². The van der Waals surface area contributed by atoms with Crippen molar-refractivity contribution in [2.24, 2.45) is 17.8 Å². The lowest BCUT2D eigenvalue weighted by molar-refractivity contribution is -0.0531. The lowest BCUT2D eigenvalue weighted by Gasteiger charge is -2.37. The van der Waals surface area contributed by atoms with Crippen molar-refractivity contribution in [2.75, 3.05) is 0 Å². The van der Waals surface area contributed by atoms with Gasteiger partial charge in [0, 0.05) is 0 Å². The quantitative estimate of drug-likeness (QED) is 0.409. The van der Waals surface area contributed by atoms with Crippen molar-refractivity contribution in [3.05, 3.63) is 28.5 Å². The number of halogens is 4. The van der Waals surface area contributed by atoms with E-state index in [0.29, 0.717) is 5.92 Å². The van der Waals surface area contributed by atoms with Crippen LogP contribution >= 0.6 is 11.6 Å². The smallest absolute Gasteiger partial charge is 0.387 e. The zero-order chi connectivity index (χ0) is 21.7. The molecule has 0 radical (unpaired) electrons. The lowest BCUT2D eigenvalue weighted by atomic mass is 9.70. The Bertz CT molecular complexity index is 712. The van der Waals surface area contributed by atoms with Gasteiger partial charge in [0.25, 0.3) is 0 Å². The SMILES string of the molecule is CCCC1CCC(C2CCC(OC(=O)c3ccc(Cl)c(F)c3OC(F)F)CC2)CC1. The maximum absolute atomic E-state index is 14.1. The number of alkyl halides is 2. The molecule has 168 valence electrons. The van der Waals surface area contributed by atoms with Crippen LogP contribution in [0.25, 0.3) is 0 Å². The monoisotopic (exact) mass is 446 g/mol. The Labute approximate surface area is 181 Å². The first kappa shape index (κ1) is 23.2. The van der Waals surface area contributed by atoms with Crippen LogP contribution in [0.2, 0.25) is 5.02 Å². The first-order valence-corrected chi connectivity index (χ1v) is 11.4. The number of ether oxygens (including phenoxy) is 2. The van der Waals surface area contributed by atoms with Crippen molar-refractivity contribution in [3.63, 3.8) is 0 Å². The summed E-state index contributed by atoms with van der Waals surface area (Å²) in [6, 6.07) is 2.30. The molecule has 0 amide bonds. The van der Waals surface area contributed by atoms with E-state index < -0.39 is 29.2 Å². The van der Waals surface area contributed by atoms with Gasteiger partial charge in [-0.3, -0.25) is 0 Å². The molecule has 0 bridgehead atoms. The van der Waals surface area contributed by atoms with Crippen molar-refractivity contribution in [1.29, 1.82) is 0 Å². The summed E-state index contributed by atoms with van der Waals surface area (Å²) >= 11 is 5.63. The molecule has 0 aromatic heterocycles. The molecular weight excluding hydrogens is 417 g/mol. The van der Waals surface area contributed by atoms with Crippen LogP contribution in [0.3, 0.4) is 0 Å². The zero-order valence-corrected chi connectivity index (χ0v) is 18.1. The molecule has 3 rings (SSSR count). The molecule has 0 atom stereocenters. The van der Waals surface area contributed by atoms with E-state index in [4.69, 9.17) is 16.3 Å². The van der Waals surface area contributed by atoms with E-state index in [0.717, 1.165) is 49.7 Å². The van der Waals surface area contributed by atoms with Crippen LogP contribution in [-0.4, -0.2) is 18.7 Å². The maximum Gasteiger partial charge on any atom is 0.387 e. The van der Waals surface area contributed by atoms with Crippen molar-refractivity contribution in [2.45, 2.75) is 83.8 Å². The van der Waals surface area contributed by atoms with Crippen LogP contribution in [0.1, 0.15) is 81.5 Å². The third-order valence-electron chi connectivity index (χ3n) is 6.72. The van der Waals surface area contributed by atoms with E-state index in [-0.39, 0.29) is 11.7 Å². The summed E-state index contributed by atoms with van der Waals surface area (Å²) < 4.78 is 49.1. The normalized spacial score (nSPS) is 27.1. The molecule has 0 unspecified atom stereocenters. The maximum atomic E-state index is 14.1. The fourth-order valence-electron chi connectivity index (χ4n) is 5.15. The molecule has 0 spiro atoms. The molecule has 1 aromatic carbocycles. The topological polar surface area (TPSA) is 35.5 Å². The Morgan fingerprint density at radius 2 is 1.67 bits per heavy atom. The van der Waals surface area contributed by atoms with Crippen LogP contribution in [0.4, 0.5) is 13.2 Å². The number of esters is 1. The summed E-state index contributed by atoms with van der Waals surface area (Å²) in [6.45, 7) is -1.03. The van der Waals surface area contributed by atoms with Gasteiger partial charge >= 0.3 is 12.6 Å². The van der Waals surface area contributed by atoms with Crippen molar-refractivity contribution < 1.29 is 27.4 Å². The van der Waals surface area contributed by atoms with Crippen molar-refractivity contribution in [3.8, 4) is 5.75 Å². The average molecular weight is 447 g/mol. The number of hydrogen-bond acceptors (Lipinski definition) is 3. The van der Waals surface area contributed by atoms with Gasteiger partial charge in [0.05, 0.1) is 5.02 Å². The van der Waals surface area contributed by atoms with Gasteiger partial charge in [0.2, 0.25) is 0 Å². The van der Waals surface area contributed by atoms with E-state index in [2.05, 4.69) is 11.7 Å². The van der Waals surface area contributed by atoms with Crippen LogP contribution in [-0.2, 0) is 4.74 Å². The second-order valence-electron chi connectivity index (χ2n) is 8.63. The first-order valence-electron chi connectivity index (χ1n) is 11.0. The highest BCUT2D eigenvalue weighted by Crippen LogP contribution is 2.41. The molecule has 0 heterocycles. The Morgan fingerprint density at radius 3 is 2.23 bits per heavy atom. The molecule has 3 nitrogen and oxygen atoms in total. The minimum Gasteiger partial charge on any atom is -0.459 e. The van der Waals surface area contributed by atoms with E-state index in [1.165, 1.54) is 38.5 Å². The summed E-state index contributed by atoms with van der Waals surface area (Å²) in [5.41, 5.74) is -0.367. The fourth-order valence-corrected chi connectivity index (χ4v) is 5.30. The van der Waals surface area contributed by atoms with Crippen LogP contribution < -0.4 is 4.74 Å². The third-order valence-corrected chi connectivity index (χ3v) is 7.02. The number of carbonyl (C=O) groups excluding carboxylic acids is 1. The molecule has 2 saturated carbocycles. The Kier molecular flexibility index (Phi) is 8.32. The number of carbonyl (C=O) groups is 1. The Hall–Kier alpha value is -1.43. The predicted octanol–water partition coefficient (Wildman–Crippen LogP) is 7.40. The van der Waals surface area contributed by atoms with Crippen molar-refractivity contribution >= 4 is 17.6 Å². The molecule has 30 heavy (non-hydrogen) atoms. The highest BCUT2D eigenvalue weighted by atomic mass is 35.5. The third kappa shape index (κ3) is 5.83. The van der Waals surface area contributed by atoms with Gasteiger partial charge in [-0.15, -0.1) is 0 Å². The van der Waals surface area contributed by atoms with Gasteiger partial charge in [0.15, 0.2) is 11.6 Å². The Balaban J connectivity index is 1.53. The van der Waals surface area contributed by atoms with E-state index >= 15 is 0 Å². The minimum atomic E-state index is -3.27. The van der Waals surface area contributed by atoms with Gasteiger partial charge in [-0.2, -0.15) is 8.78 Å². The molecule has 1 aromatic rings. The van der Waals surface area contributed by atoms with E-state index in [1.807, 2.05) is 0 Å². The fraction of sp³-hybridized carbons (Fsp3) is 0.696. The predicted molar refractivity (Wildman–Crippen MR) is 110 cm³/mol. The first-order chi connectivity index (χ1) is 14.4. The molecule has 0 saturated heterocycles. The second-order valence-corrected chi connectivity index (χ2v) is 9.04. The summed E-state index contributed by atoms with van der Waals surface area (Å²) in [7, 11) is 0. The summed E-state index contributed by atoms with van der Waals surface area (Å²) in [4.78, 5) is 12.5. The molecule has 0 aliphatic heterocycles. The number of rotatable bonds is 7. The standard InChI is InChI=1S/C23H30ClF3O3/c1-2-3-14-4-6-15(7-5-14)16-8-10-17(11-9-16)29-22(28)18-12-13-19(24)20(25)21(18)30-23(26)27/h12-17,23H,2-11H2,1H3. The number of benzene rings is 1. The lowest BCUT2D eigenvalue weighted by Crippen LogP contribution is -2.30. The molecule has 2 aliphatic carbocycles. The molecule has 7 heteroatoms. The minimum absolute atomic E-state index is 0.289. The van der Waals surface area contributed by atoms with Crippen LogP contribution in [0.5, 0.6) is 5.75 Å². The molecule has 2 aliphatic rings. The summed E-state index contributed by atoms with van der Waals surface area (Å²) in [6.07, 6.45) is 11.0. The zero-order valence-electron chi connectivity index (χ0n) is 17.3. The van der Waals surface area contributed by atoms with Gasteiger partial charge in [-0.25, -0.2) is 9.18 Å². The van der Waals surface area contributed by atoms with E-state index in [1.54, 1.807) is 0 Å². The van der Waals surface area contributed by atoms with Gasteiger partial charge in [-0.1, -0.05) is 44.2 Å². The average Bonchev–Trinajstić information content (AvgIpc) is 2.72. The van der Waals surface area contributed by atoms with E-state index in [9.17, 15) is 18.0 Å². The van der Waals surface area contributed by atoms with Gasteiger partial charge in [-0.05, 0) is 68.4 Å². The molecular formula is C23H30ClF3O3. The molecule has 0 N–H and O–H groups in total. The molecule has 2 fully saturated rings. The van der Waals surface area contributed by atoms with Gasteiger partial charge in [0.1, 0.15) is 11.7 Å². The van der Waals surface area contributed by atoms with Crippen molar-refractivity contribution in [1.82, 2.24) is 0 Å². The summed E-state index contributed by atoms with van der Waals surface area (Å²) in [5, 5.41) is -0.392. The highest BCUT2D eigenvalue weighted by Gasteiger charge is 2.32. The van der Waals surface area contributed by atoms with Gasteiger partial charge < -0.3 is 9.47 Å². The van der Waals surface area contributed by atoms with Crippen LogP contribution in [0.15, 0.2) is 12.1 Å². The number of hydrogen-bond donors (Lipinski definition) is 0.